The van der Waals surface area contributed by atoms with Gasteiger partial charge in [-0.3, -0.25) is 13.9 Å². The maximum atomic E-state index is 14.0. The average Bonchev–Trinajstić information content (AvgIpc) is 2.91. The maximum absolute atomic E-state index is 14.0. The fourth-order valence-corrected chi connectivity index (χ4v) is 5.86. The standard InChI is InChI=1S/C29H33Cl2N3O4S/c1-5-17-32-29(36)22(4)33(18-23-10-7-6-9-21(23)3)27(35)19-34(26-12-8-11-25(30)28(26)31)39(37,38)24-15-13-20(2)14-16-24/h6-16,22H,5,17-19H2,1-4H3,(H,32,36)/t22-/m0/s1. The third kappa shape index (κ3) is 7.32. The van der Waals surface area contributed by atoms with Gasteiger partial charge in [0.1, 0.15) is 12.6 Å². The number of carbonyl (C=O) groups is 2. The molecule has 2 amide bonds. The number of aryl methyl sites for hydroxylation is 2. The van der Waals surface area contributed by atoms with Crippen molar-refractivity contribution in [2.45, 2.75) is 51.6 Å². The first-order valence-corrected chi connectivity index (χ1v) is 14.8. The third-order valence-corrected chi connectivity index (χ3v) is 8.99. The Labute approximate surface area is 240 Å². The van der Waals surface area contributed by atoms with E-state index in [-0.39, 0.29) is 33.1 Å². The smallest absolute Gasteiger partial charge is 0.264 e. The zero-order valence-electron chi connectivity index (χ0n) is 22.4. The van der Waals surface area contributed by atoms with E-state index in [1.54, 1.807) is 25.1 Å². The molecule has 3 rings (SSSR count). The molecule has 0 bridgehead atoms. The van der Waals surface area contributed by atoms with Gasteiger partial charge in [-0.2, -0.15) is 0 Å². The molecule has 1 atom stereocenters. The zero-order chi connectivity index (χ0) is 28.7. The minimum atomic E-state index is -4.24. The van der Waals surface area contributed by atoms with Crippen molar-refractivity contribution in [3.8, 4) is 0 Å². The van der Waals surface area contributed by atoms with Crippen molar-refractivity contribution in [2.24, 2.45) is 0 Å². The number of nitrogens with zero attached hydrogens (tertiary/aromatic N) is 2. The van der Waals surface area contributed by atoms with Crippen molar-refractivity contribution in [1.82, 2.24) is 10.2 Å². The van der Waals surface area contributed by atoms with Gasteiger partial charge in [-0.15, -0.1) is 0 Å². The number of carbonyl (C=O) groups excluding carboxylic acids is 2. The Morgan fingerprint density at radius 2 is 1.62 bits per heavy atom. The minimum absolute atomic E-state index is 0.00171. The van der Waals surface area contributed by atoms with E-state index in [2.05, 4.69) is 5.32 Å². The Bertz CT molecular complexity index is 1430. The van der Waals surface area contributed by atoms with E-state index in [9.17, 15) is 18.0 Å². The first-order chi connectivity index (χ1) is 18.5. The molecule has 1 N–H and O–H groups in total. The predicted octanol–water partition coefficient (Wildman–Crippen LogP) is 5.75. The molecule has 0 saturated heterocycles. The van der Waals surface area contributed by atoms with Gasteiger partial charge in [0.05, 0.1) is 20.6 Å². The van der Waals surface area contributed by atoms with Gasteiger partial charge in [-0.1, -0.05) is 78.2 Å². The molecule has 0 heterocycles. The Morgan fingerprint density at radius 3 is 2.26 bits per heavy atom. The van der Waals surface area contributed by atoms with Gasteiger partial charge in [0.25, 0.3) is 10.0 Å². The van der Waals surface area contributed by atoms with Gasteiger partial charge < -0.3 is 10.2 Å². The zero-order valence-corrected chi connectivity index (χ0v) is 24.8. The van der Waals surface area contributed by atoms with E-state index in [1.807, 2.05) is 45.0 Å². The Morgan fingerprint density at radius 1 is 0.949 bits per heavy atom. The Balaban J connectivity index is 2.07. The van der Waals surface area contributed by atoms with Crippen LogP contribution >= 0.6 is 23.2 Å². The van der Waals surface area contributed by atoms with E-state index in [0.29, 0.717) is 6.54 Å². The molecule has 10 heteroatoms. The summed E-state index contributed by atoms with van der Waals surface area (Å²) in [6, 6.07) is 17.6. The molecular weight excluding hydrogens is 557 g/mol. The van der Waals surface area contributed by atoms with Crippen LogP contribution in [0, 0.1) is 13.8 Å². The molecule has 39 heavy (non-hydrogen) atoms. The van der Waals surface area contributed by atoms with Gasteiger partial charge >= 0.3 is 0 Å². The van der Waals surface area contributed by atoms with Crippen LogP contribution < -0.4 is 9.62 Å². The van der Waals surface area contributed by atoms with E-state index in [0.717, 1.165) is 27.4 Å². The molecule has 0 aliphatic rings. The number of benzene rings is 3. The van der Waals surface area contributed by atoms with Crippen LogP contribution in [0.5, 0.6) is 0 Å². The lowest BCUT2D eigenvalue weighted by molar-refractivity contribution is -0.139. The Hall–Kier alpha value is -3.07. The van der Waals surface area contributed by atoms with Crippen LogP contribution in [0.1, 0.15) is 37.0 Å². The second kappa shape index (κ2) is 13.3. The number of amides is 2. The van der Waals surface area contributed by atoms with Gasteiger partial charge in [0, 0.05) is 13.1 Å². The summed E-state index contributed by atoms with van der Waals surface area (Å²) >= 11 is 12.7. The Kier molecular flexibility index (Phi) is 10.4. The topological polar surface area (TPSA) is 86.8 Å². The molecule has 0 aromatic heterocycles. The van der Waals surface area contributed by atoms with Crippen molar-refractivity contribution in [3.05, 3.63) is 93.5 Å². The fraction of sp³-hybridized carbons (Fsp3) is 0.310. The highest BCUT2D eigenvalue weighted by molar-refractivity contribution is 7.92. The fourth-order valence-electron chi connectivity index (χ4n) is 3.99. The van der Waals surface area contributed by atoms with Crippen LogP contribution in [-0.4, -0.2) is 44.3 Å². The number of halogens is 2. The highest BCUT2D eigenvalue weighted by atomic mass is 35.5. The molecule has 0 aliphatic carbocycles. The summed E-state index contributed by atoms with van der Waals surface area (Å²) in [4.78, 5) is 28.3. The SMILES string of the molecule is CCCNC(=O)[C@H](C)N(Cc1ccccc1C)C(=O)CN(c1cccc(Cl)c1Cl)S(=O)(=O)c1ccc(C)cc1. The van der Waals surface area contributed by atoms with Crippen molar-refractivity contribution < 1.29 is 18.0 Å². The van der Waals surface area contributed by atoms with Crippen LogP contribution in [0.25, 0.3) is 0 Å². The van der Waals surface area contributed by atoms with E-state index >= 15 is 0 Å². The molecule has 0 radical (unpaired) electrons. The normalized spacial score (nSPS) is 12.1. The summed E-state index contributed by atoms with van der Waals surface area (Å²) in [6.07, 6.45) is 0.736. The van der Waals surface area contributed by atoms with Crippen molar-refractivity contribution in [1.29, 1.82) is 0 Å². The highest BCUT2D eigenvalue weighted by Crippen LogP contribution is 2.35. The van der Waals surface area contributed by atoms with E-state index < -0.39 is 28.5 Å². The van der Waals surface area contributed by atoms with Crippen LogP contribution in [0.4, 0.5) is 5.69 Å². The molecule has 0 spiro atoms. The summed E-state index contributed by atoms with van der Waals surface area (Å²) in [7, 11) is -4.24. The summed E-state index contributed by atoms with van der Waals surface area (Å²) in [5.74, 6) is -0.892. The number of hydrogen-bond acceptors (Lipinski definition) is 4. The van der Waals surface area contributed by atoms with Crippen LogP contribution in [0.3, 0.4) is 0 Å². The van der Waals surface area contributed by atoms with Crippen LogP contribution in [0.15, 0.2) is 71.6 Å². The first-order valence-electron chi connectivity index (χ1n) is 12.6. The van der Waals surface area contributed by atoms with Gasteiger partial charge in [0.2, 0.25) is 11.8 Å². The third-order valence-electron chi connectivity index (χ3n) is 6.41. The van der Waals surface area contributed by atoms with Crippen LogP contribution in [0.2, 0.25) is 10.0 Å². The highest BCUT2D eigenvalue weighted by Gasteiger charge is 2.33. The molecule has 0 saturated carbocycles. The van der Waals surface area contributed by atoms with Crippen LogP contribution in [-0.2, 0) is 26.2 Å². The first kappa shape index (κ1) is 30.5. The summed E-state index contributed by atoms with van der Waals surface area (Å²) in [6.45, 7) is 7.32. The summed E-state index contributed by atoms with van der Waals surface area (Å²) in [5, 5.41) is 2.98. The number of hydrogen-bond donors (Lipinski definition) is 1. The molecule has 0 aliphatic heterocycles. The molecule has 208 valence electrons. The quantitative estimate of drug-likeness (QED) is 0.308. The molecular formula is C29H33Cl2N3O4S. The van der Waals surface area contributed by atoms with Crippen molar-refractivity contribution >= 4 is 50.7 Å². The molecule has 0 fully saturated rings. The van der Waals surface area contributed by atoms with E-state index in [1.165, 1.54) is 29.2 Å². The number of sulfonamides is 1. The van der Waals surface area contributed by atoms with Gasteiger partial charge in [-0.05, 0) is 62.6 Å². The van der Waals surface area contributed by atoms with Gasteiger partial charge in [-0.25, -0.2) is 8.42 Å². The lowest BCUT2D eigenvalue weighted by Gasteiger charge is -2.32. The molecule has 7 nitrogen and oxygen atoms in total. The second-order valence-electron chi connectivity index (χ2n) is 9.31. The second-order valence-corrected chi connectivity index (χ2v) is 12.0. The summed E-state index contributed by atoms with van der Waals surface area (Å²) in [5.41, 5.74) is 2.74. The number of nitrogens with one attached hydrogen (secondary N) is 1. The summed E-state index contributed by atoms with van der Waals surface area (Å²) < 4.78 is 28.7. The molecule has 0 unspecified atom stereocenters. The van der Waals surface area contributed by atoms with Crippen molar-refractivity contribution in [3.63, 3.8) is 0 Å². The largest absolute Gasteiger partial charge is 0.354 e. The lowest BCUT2D eigenvalue weighted by Crippen LogP contribution is -2.51. The molecule has 3 aromatic rings. The predicted molar refractivity (Wildman–Crippen MR) is 157 cm³/mol. The maximum Gasteiger partial charge on any atom is 0.264 e. The lowest BCUT2D eigenvalue weighted by atomic mass is 10.1. The van der Waals surface area contributed by atoms with Gasteiger partial charge in [0.15, 0.2) is 0 Å². The van der Waals surface area contributed by atoms with Crippen molar-refractivity contribution in [2.75, 3.05) is 17.4 Å². The van der Waals surface area contributed by atoms with E-state index in [4.69, 9.17) is 23.2 Å². The molecule has 3 aromatic carbocycles. The number of rotatable bonds is 11. The average molecular weight is 591 g/mol. The minimum Gasteiger partial charge on any atom is -0.354 e. The monoisotopic (exact) mass is 589 g/mol. The number of anilines is 1.